The number of aromatic nitrogens is 5. The van der Waals surface area contributed by atoms with Gasteiger partial charge in [0.1, 0.15) is 11.3 Å². The van der Waals surface area contributed by atoms with Crippen molar-refractivity contribution in [2.75, 3.05) is 17.2 Å². The predicted octanol–water partition coefficient (Wildman–Crippen LogP) is 3.05. The van der Waals surface area contributed by atoms with Gasteiger partial charge in [0.25, 0.3) is 5.56 Å². The fourth-order valence-electron chi connectivity index (χ4n) is 4.34. The quantitative estimate of drug-likeness (QED) is 0.454. The average Bonchev–Trinajstić information content (AvgIpc) is 3.56. The van der Waals surface area contributed by atoms with Crippen LogP contribution in [0.1, 0.15) is 41.5 Å². The maximum Gasteiger partial charge on any atom is 0.284 e. The van der Waals surface area contributed by atoms with Crippen molar-refractivity contribution < 1.29 is 4.79 Å². The van der Waals surface area contributed by atoms with Gasteiger partial charge in [0, 0.05) is 24.9 Å². The van der Waals surface area contributed by atoms with Crippen molar-refractivity contribution in [3.05, 3.63) is 75.6 Å². The second kappa shape index (κ2) is 7.41. The first-order valence-electron chi connectivity index (χ1n) is 10.8. The average molecular weight is 462 g/mol. The number of nitrogens with zero attached hydrogens (tertiary/aromatic N) is 6. The van der Waals surface area contributed by atoms with Crippen LogP contribution in [0.5, 0.6) is 0 Å². The highest BCUT2D eigenvalue weighted by molar-refractivity contribution is 6.33. The molecule has 166 valence electrons. The molecular formula is C23H20ClN7O2. The summed E-state index contributed by atoms with van der Waals surface area (Å²) in [6.07, 6.45) is 5.69. The summed E-state index contributed by atoms with van der Waals surface area (Å²) >= 11 is 6.30. The van der Waals surface area contributed by atoms with Crippen LogP contribution in [-0.2, 0) is 0 Å². The summed E-state index contributed by atoms with van der Waals surface area (Å²) in [5.74, 6) is 1.20. The molecule has 0 radical (unpaired) electrons. The zero-order valence-corrected chi connectivity index (χ0v) is 18.3. The third kappa shape index (κ3) is 3.19. The van der Waals surface area contributed by atoms with E-state index >= 15 is 0 Å². The molecule has 0 amide bonds. The first-order chi connectivity index (χ1) is 16.0. The number of anilines is 2. The molecule has 2 fully saturated rings. The molecule has 3 aromatic heterocycles. The molecule has 1 aromatic carbocycles. The lowest BCUT2D eigenvalue weighted by molar-refractivity contribution is 0.0967. The summed E-state index contributed by atoms with van der Waals surface area (Å²) in [5.41, 5.74) is 7.10. The number of carbonyl (C=O) groups is 1. The number of benzene rings is 1. The Morgan fingerprint density at radius 3 is 2.61 bits per heavy atom. The number of Topliss-reactive ketones (excluding diaryl/α,β-unsaturated/α-hetero) is 1. The molecule has 0 unspecified atom stereocenters. The minimum atomic E-state index is -0.275. The molecule has 4 aromatic rings. The highest BCUT2D eigenvalue weighted by Crippen LogP contribution is 2.41. The van der Waals surface area contributed by atoms with Crippen molar-refractivity contribution in [1.29, 1.82) is 0 Å². The van der Waals surface area contributed by atoms with Gasteiger partial charge in [-0.2, -0.15) is 10.1 Å². The number of nitrogen functional groups attached to an aromatic ring is 1. The predicted molar refractivity (Wildman–Crippen MR) is 124 cm³/mol. The Balaban J connectivity index is 1.52. The highest BCUT2D eigenvalue weighted by atomic mass is 35.5. The number of rotatable bonds is 5. The molecule has 9 nitrogen and oxygen atoms in total. The summed E-state index contributed by atoms with van der Waals surface area (Å²) in [6, 6.07) is 10.7. The van der Waals surface area contributed by atoms with E-state index in [4.69, 9.17) is 22.4 Å². The van der Waals surface area contributed by atoms with Crippen LogP contribution >= 0.6 is 11.6 Å². The number of nitrogens with two attached hydrogens (primary N) is 1. The van der Waals surface area contributed by atoms with Crippen LogP contribution in [-0.4, -0.2) is 36.5 Å². The zero-order valence-electron chi connectivity index (χ0n) is 17.6. The molecular weight excluding hydrogens is 442 g/mol. The summed E-state index contributed by atoms with van der Waals surface area (Å²) < 4.78 is 3.10. The molecule has 1 saturated heterocycles. The van der Waals surface area contributed by atoms with Crippen LogP contribution in [0.3, 0.4) is 0 Å². The lowest BCUT2D eigenvalue weighted by Gasteiger charge is -2.42. The second-order valence-corrected chi connectivity index (χ2v) is 8.80. The van der Waals surface area contributed by atoms with Gasteiger partial charge in [-0.3, -0.25) is 14.2 Å². The van der Waals surface area contributed by atoms with Gasteiger partial charge in [-0.1, -0.05) is 29.8 Å². The Bertz CT molecular complexity index is 1460. The molecule has 0 spiro atoms. The van der Waals surface area contributed by atoms with Crippen LogP contribution in [0.15, 0.2) is 53.6 Å². The molecule has 33 heavy (non-hydrogen) atoms. The second-order valence-electron chi connectivity index (χ2n) is 8.39. The number of hydrogen-bond donors (Lipinski definition) is 1. The maximum atomic E-state index is 13.5. The number of fused-ring (bicyclic) bond motifs is 1. The van der Waals surface area contributed by atoms with Crippen LogP contribution in [0, 0.1) is 5.92 Å². The molecule has 1 aliphatic carbocycles. The number of hydrogen-bond acceptors (Lipinski definition) is 7. The van der Waals surface area contributed by atoms with E-state index in [1.165, 1.54) is 10.7 Å². The lowest BCUT2D eigenvalue weighted by Crippen LogP contribution is -2.46. The van der Waals surface area contributed by atoms with Crippen LogP contribution in [0.25, 0.3) is 11.2 Å². The third-order valence-electron chi connectivity index (χ3n) is 6.27. The number of ketones is 1. The van der Waals surface area contributed by atoms with Gasteiger partial charge in [-0.25, -0.2) is 9.50 Å². The largest absolute Gasteiger partial charge is 0.368 e. The summed E-state index contributed by atoms with van der Waals surface area (Å²) in [4.78, 5) is 36.9. The zero-order chi connectivity index (χ0) is 22.7. The molecule has 2 N–H and O–H groups in total. The molecule has 0 bridgehead atoms. The smallest absolute Gasteiger partial charge is 0.284 e. The van der Waals surface area contributed by atoms with Gasteiger partial charge in [0.15, 0.2) is 11.6 Å². The summed E-state index contributed by atoms with van der Waals surface area (Å²) in [7, 11) is 0. The summed E-state index contributed by atoms with van der Waals surface area (Å²) in [5, 5.41) is 5.11. The first kappa shape index (κ1) is 19.9. The van der Waals surface area contributed by atoms with E-state index in [0.717, 1.165) is 19.3 Å². The van der Waals surface area contributed by atoms with Crippen LogP contribution < -0.4 is 16.2 Å². The van der Waals surface area contributed by atoms with Gasteiger partial charge in [-0.05, 0) is 37.5 Å². The van der Waals surface area contributed by atoms with Crippen LogP contribution in [0.4, 0.5) is 11.8 Å². The normalized spacial score (nSPS) is 17.8. The van der Waals surface area contributed by atoms with E-state index in [-0.39, 0.29) is 29.3 Å². The SMILES string of the molecule is Nc1ncc(C(=O)C2CC2)c(N2CC[C@H]2c2nn3ccc(Cl)c3c(=O)n2-c2ccccc2)n1. The van der Waals surface area contributed by atoms with Crippen molar-refractivity contribution in [2.24, 2.45) is 5.92 Å². The summed E-state index contributed by atoms with van der Waals surface area (Å²) in [6.45, 7) is 0.654. The Morgan fingerprint density at radius 2 is 1.91 bits per heavy atom. The van der Waals surface area contributed by atoms with Crippen molar-refractivity contribution in [1.82, 2.24) is 24.1 Å². The Labute approximate surface area is 193 Å². The van der Waals surface area contributed by atoms with E-state index in [9.17, 15) is 9.59 Å². The Hall–Kier alpha value is -3.72. The molecule has 1 atom stereocenters. The van der Waals surface area contributed by atoms with E-state index in [1.807, 2.05) is 35.2 Å². The van der Waals surface area contributed by atoms with E-state index in [2.05, 4.69) is 9.97 Å². The topological polar surface area (TPSA) is 111 Å². The number of carbonyl (C=O) groups excluding carboxylic acids is 1. The van der Waals surface area contributed by atoms with Crippen molar-refractivity contribution in [3.8, 4) is 5.69 Å². The van der Waals surface area contributed by atoms with E-state index < -0.39 is 0 Å². The Morgan fingerprint density at radius 1 is 1.12 bits per heavy atom. The highest BCUT2D eigenvalue weighted by Gasteiger charge is 2.40. The molecule has 2 aliphatic rings. The van der Waals surface area contributed by atoms with Crippen molar-refractivity contribution >= 4 is 34.7 Å². The fourth-order valence-corrected chi connectivity index (χ4v) is 4.57. The van der Waals surface area contributed by atoms with Gasteiger partial charge in [0.2, 0.25) is 5.95 Å². The van der Waals surface area contributed by atoms with E-state index in [0.29, 0.717) is 40.0 Å². The minimum absolute atomic E-state index is 0.0229. The van der Waals surface area contributed by atoms with Crippen molar-refractivity contribution in [3.63, 3.8) is 0 Å². The number of para-hydroxylation sites is 1. The standard InChI is InChI=1S/C23H20ClN7O2/c24-16-8-11-30-18(16)22(33)31(14-4-2-1-3-5-14)21(28-30)17-9-10-29(17)20-15(12-26-23(25)27-20)19(32)13-6-7-13/h1-5,8,11-13,17H,6-7,9-10H2,(H2,25,26,27)/t17-/m0/s1. The first-order valence-corrected chi connectivity index (χ1v) is 11.2. The van der Waals surface area contributed by atoms with Gasteiger partial charge >= 0.3 is 0 Å². The van der Waals surface area contributed by atoms with Crippen molar-refractivity contribution in [2.45, 2.75) is 25.3 Å². The van der Waals surface area contributed by atoms with Crippen LogP contribution in [0.2, 0.25) is 5.02 Å². The van der Waals surface area contributed by atoms with Gasteiger partial charge in [0.05, 0.1) is 22.3 Å². The van der Waals surface area contributed by atoms with Gasteiger partial charge in [-0.15, -0.1) is 0 Å². The molecule has 6 rings (SSSR count). The molecule has 4 heterocycles. The van der Waals surface area contributed by atoms with Gasteiger partial charge < -0.3 is 10.6 Å². The number of halogens is 1. The Kier molecular flexibility index (Phi) is 4.48. The maximum absolute atomic E-state index is 13.5. The molecule has 1 aliphatic heterocycles. The fraction of sp³-hybridized carbons (Fsp3) is 0.261. The van der Waals surface area contributed by atoms with E-state index in [1.54, 1.807) is 16.8 Å². The minimum Gasteiger partial charge on any atom is -0.368 e. The molecule has 1 saturated carbocycles. The molecule has 10 heteroatoms. The lowest BCUT2D eigenvalue weighted by atomic mass is 9.99. The monoisotopic (exact) mass is 461 g/mol. The third-order valence-corrected chi connectivity index (χ3v) is 6.57.